The Morgan fingerprint density at radius 2 is 1.86 bits per heavy atom. The third kappa shape index (κ3) is 2.36. The molecule has 0 saturated carbocycles. The first kappa shape index (κ1) is 9.72. The number of benzene rings is 1. The summed E-state index contributed by atoms with van der Waals surface area (Å²) < 4.78 is 0. The van der Waals surface area contributed by atoms with Crippen LogP contribution in [0.15, 0.2) is 30.3 Å². The maximum Gasteiger partial charge on any atom is 0.0320 e. The van der Waals surface area contributed by atoms with Crippen LogP contribution in [0.5, 0.6) is 0 Å². The Morgan fingerprint density at radius 3 is 2.64 bits per heavy atom. The van der Waals surface area contributed by atoms with Crippen molar-refractivity contribution in [1.29, 1.82) is 0 Å². The molecule has 0 aromatic heterocycles. The van der Waals surface area contributed by atoms with Gasteiger partial charge >= 0.3 is 0 Å². The molecule has 1 heterocycles. The molecule has 14 heavy (non-hydrogen) atoms. The molecule has 1 saturated heterocycles. The first-order valence-electron chi connectivity index (χ1n) is 5.64. The molecular formula is C13H19N. The van der Waals surface area contributed by atoms with E-state index in [2.05, 4.69) is 42.6 Å². The van der Waals surface area contributed by atoms with Gasteiger partial charge in [-0.05, 0) is 37.3 Å². The number of nitrogens with one attached hydrogen (secondary N) is 1. The highest BCUT2D eigenvalue weighted by Crippen LogP contribution is 2.24. The Kier molecular flexibility index (Phi) is 3.20. The topological polar surface area (TPSA) is 12.0 Å². The maximum absolute atomic E-state index is 3.63. The predicted octanol–water partition coefficient (Wildman–Crippen LogP) is 3.14. The molecule has 76 valence electrons. The second-order valence-electron chi connectivity index (χ2n) is 4.39. The van der Waals surface area contributed by atoms with Crippen molar-refractivity contribution in [2.24, 2.45) is 5.92 Å². The van der Waals surface area contributed by atoms with Crippen LogP contribution in [0.3, 0.4) is 0 Å². The highest BCUT2D eigenvalue weighted by atomic mass is 14.9. The van der Waals surface area contributed by atoms with Gasteiger partial charge in [0.15, 0.2) is 0 Å². The van der Waals surface area contributed by atoms with E-state index in [0.717, 1.165) is 5.92 Å². The van der Waals surface area contributed by atoms with E-state index >= 15 is 0 Å². The first-order valence-corrected chi connectivity index (χ1v) is 5.64. The second kappa shape index (κ2) is 4.61. The zero-order chi connectivity index (χ0) is 9.80. The molecule has 0 amide bonds. The quantitative estimate of drug-likeness (QED) is 0.715. The Morgan fingerprint density at radius 1 is 1.07 bits per heavy atom. The summed E-state index contributed by atoms with van der Waals surface area (Å²) in [6.07, 6.45) is 3.96. The van der Waals surface area contributed by atoms with E-state index in [1.165, 1.54) is 31.4 Å². The van der Waals surface area contributed by atoms with E-state index < -0.39 is 0 Å². The van der Waals surface area contributed by atoms with Gasteiger partial charge in [-0.25, -0.2) is 0 Å². The Labute approximate surface area is 86.5 Å². The zero-order valence-electron chi connectivity index (χ0n) is 8.87. The van der Waals surface area contributed by atoms with Gasteiger partial charge in [0.2, 0.25) is 0 Å². The van der Waals surface area contributed by atoms with E-state index in [9.17, 15) is 0 Å². The van der Waals surface area contributed by atoms with Crippen LogP contribution < -0.4 is 5.32 Å². The fraction of sp³-hybridized carbons (Fsp3) is 0.538. The van der Waals surface area contributed by atoms with Gasteiger partial charge in [0.05, 0.1) is 0 Å². The molecule has 1 fully saturated rings. The summed E-state index contributed by atoms with van der Waals surface area (Å²) in [4.78, 5) is 0. The molecule has 1 aromatic carbocycles. The summed E-state index contributed by atoms with van der Waals surface area (Å²) in [6, 6.07) is 11.4. The van der Waals surface area contributed by atoms with Gasteiger partial charge in [0, 0.05) is 6.04 Å². The number of rotatable bonds is 1. The van der Waals surface area contributed by atoms with Crippen LogP contribution in [0.25, 0.3) is 0 Å². The SMILES string of the molecule is C[C@@H]1CCN[C@@H](c2ccccc2)CC1. The van der Waals surface area contributed by atoms with E-state index in [4.69, 9.17) is 0 Å². The van der Waals surface area contributed by atoms with Crippen molar-refractivity contribution in [3.63, 3.8) is 0 Å². The maximum atomic E-state index is 3.63. The monoisotopic (exact) mass is 189 g/mol. The summed E-state index contributed by atoms with van der Waals surface area (Å²) in [7, 11) is 0. The lowest BCUT2D eigenvalue weighted by molar-refractivity contribution is 0.502. The van der Waals surface area contributed by atoms with Crippen LogP contribution in [0, 0.1) is 5.92 Å². The highest BCUT2D eigenvalue weighted by Gasteiger charge is 2.16. The van der Waals surface area contributed by atoms with Crippen molar-refractivity contribution in [1.82, 2.24) is 5.32 Å². The van der Waals surface area contributed by atoms with Gasteiger partial charge in [0.1, 0.15) is 0 Å². The summed E-state index contributed by atoms with van der Waals surface area (Å²) in [5.74, 6) is 0.885. The van der Waals surface area contributed by atoms with E-state index in [1.807, 2.05) is 0 Å². The normalized spacial score (nSPS) is 28.4. The summed E-state index contributed by atoms with van der Waals surface area (Å²) in [6.45, 7) is 3.52. The lowest BCUT2D eigenvalue weighted by Gasteiger charge is -2.15. The molecule has 1 aliphatic heterocycles. The average Bonchev–Trinajstić information content (AvgIpc) is 2.44. The molecule has 2 atom stereocenters. The van der Waals surface area contributed by atoms with Gasteiger partial charge in [-0.1, -0.05) is 37.3 Å². The smallest absolute Gasteiger partial charge is 0.0320 e. The van der Waals surface area contributed by atoms with E-state index in [0.29, 0.717) is 6.04 Å². The first-order chi connectivity index (χ1) is 6.86. The molecule has 0 unspecified atom stereocenters. The van der Waals surface area contributed by atoms with Crippen LogP contribution in [0.2, 0.25) is 0 Å². The van der Waals surface area contributed by atoms with Gasteiger partial charge in [-0.15, -0.1) is 0 Å². The summed E-state index contributed by atoms with van der Waals surface area (Å²) >= 11 is 0. The van der Waals surface area contributed by atoms with Crippen molar-refractivity contribution in [2.45, 2.75) is 32.2 Å². The lowest BCUT2D eigenvalue weighted by Crippen LogP contribution is -2.20. The highest BCUT2D eigenvalue weighted by molar-refractivity contribution is 5.18. The lowest BCUT2D eigenvalue weighted by atomic mass is 9.98. The van der Waals surface area contributed by atoms with Crippen LogP contribution in [0.4, 0.5) is 0 Å². The van der Waals surface area contributed by atoms with Crippen LogP contribution in [0.1, 0.15) is 37.8 Å². The third-order valence-corrected chi connectivity index (χ3v) is 3.18. The van der Waals surface area contributed by atoms with Gasteiger partial charge in [-0.2, -0.15) is 0 Å². The fourth-order valence-electron chi connectivity index (χ4n) is 2.17. The van der Waals surface area contributed by atoms with Gasteiger partial charge < -0.3 is 5.32 Å². The Balaban J connectivity index is 2.04. The van der Waals surface area contributed by atoms with Gasteiger partial charge in [-0.3, -0.25) is 0 Å². The molecule has 0 spiro atoms. The van der Waals surface area contributed by atoms with Crippen molar-refractivity contribution < 1.29 is 0 Å². The minimum Gasteiger partial charge on any atom is -0.310 e. The number of hydrogen-bond acceptors (Lipinski definition) is 1. The summed E-state index contributed by atoms with van der Waals surface area (Å²) in [5.41, 5.74) is 1.45. The number of hydrogen-bond donors (Lipinski definition) is 1. The molecule has 0 bridgehead atoms. The van der Waals surface area contributed by atoms with Crippen molar-refractivity contribution in [3.8, 4) is 0 Å². The van der Waals surface area contributed by atoms with Crippen LogP contribution in [-0.4, -0.2) is 6.54 Å². The van der Waals surface area contributed by atoms with E-state index in [-0.39, 0.29) is 0 Å². The Bertz CT molecular complexity index is 268. The van der Waals surface area contributed by atoms with Crippen molar-refractivity contribution >= 4 is 0 Å². The molecular weight excluding hydrogens is 170 g/mol. The van der Waals surface area contributed by atoms with Gasteiger partial charge in [0.25, 0.3) is 0 Å². The standard InChI is InChI=1S/C13H19N/c1-11-7-8-13(14-10-9-11)12-5-3-2-4-6-12/h2-6,11,13-14H,7-10H2,1H3/t11-,13+/m0/s1. The summed E-state index contributed by atoms with van der Waals surface area (Å²) in [5, 5.41) is 3.63. The van der Waals surface area contributed by atoms with Crippen LogP contribution >= 0.6 is 0 Å². The minimum absolute atomic E-state index is 0.584. The average molecular weight is 189 g/mol. The predicted molar refractivity (Wildman–Crippen MR) is 60.2 cm³/mol. The molecule has 1 aromatic rings. The molecule has 1 N–H and O–H groups in total. The molecule has 1 aliphatic rings. The molecule has 1 nitrogen and oxygen atoms in total. The molecule has 2 rings (SSSR count). The molecule has 0 aliphatic carbocycles. The van der Waals surface area contributed by atoms with Crippen molar-refractivity contribution in [2.75, 3.05) is 6.54 Å². The fourth-order valence-corrected chi connectivity index (χ4v) is 2.17. The zero-order valence-corrected chi connectivity index (χ0v) is 8.87. The van der Waals surface area contributed by atoms with Crippen molar-refractivity contribution in [3.05, 3.63) is 35.9 Å². The second-order valence-corrected chi connectivity index (χ2v) is 4.39. The van der Waals surface area contributed by atoms with E-state index in [1.54, 1.807) is 0 Å². The molecule has 0 radical (unpaired) electrons. The third-order valence-electron chi connectivity index (χ3n) is 3.18. The minimum atomic E-state index is 0.584. The van der Waals surface area contributed by atoms with Crippen LogP contribution in [-0.2, 0) is 0 Å². The largest absolute Gasteiger partial charge is 0.310 e. The molecule has 1 heteroatoms. The Hall–Kier alpha value is -0.820.